The van der Waals surface area contributed by atoms with Gasteiger partial charge in [-0.1, -0.05) is 0 Å². The van der Waals surface area contributed by atoms with Gasteiger partial charge in [-0.05, 0) is 0 Å². The fourth-order valence-corrected chi connectivity index (χ4v) is 1.67. The molecular formula is C10AgF21S. The molecule has 0 atom stereocenters. The quantitative estimate of drug-likeness (QED) is 0.158. The third kappa shape index (κ3) is 4.27. The smallest absolute Gasteiger partial charge is 0.710 e. The Morgan fingerprint density at radius 2 is 0.424 bits per heavy atom. The largest absolute Gasteiger partial charge is 1.00 e. The van der Waals surface area contributed by atoms with Gasteiger partial charge < -0.3 is 12.6 Å². The normalized spacial score (nSPS) is 16.5. The Kier molecular flexibility index (Phi) is 8.79. The molecule has 0 N–H and O–H groups in total. The van der Waals surface area contributed by atoms with E-state index >= 15 is 0 Å². The maximum Gasteiger partial charge on any atom is 1.00 e. The molecule has 0 heterocycles. The molecule has 0 rings (SSSR count). The number of halogens is 21. The van der Waals surface area contributed by atoms with Gasteiger partial charge in [0.15, 0.2) is 0 Å². The van der Waals surface area contributed by atoms with E-state index in [1.165, 1.54) is 0 Å². The number of hydrogen-bond acceptors (Lipinski definition) is 1. The van der Waals surface area contributed by atoms with E-state index in [1.54, 1.807) is 0 Å². The molecule has 0 aromatic carbocycles. The average molecular weight is 659 g/mol. The summed E-state index contributed by atoms with van der Waals surface area (Å²) in [6.07, 6.45) is -7.99. The molecular weight excluding hydrogens is 659 g/mol. The predicted molar refractivity (Wildman–Crippen MR) is 57.9 cm³/mol. The summed E-state index contributed by atoms with van der Waals surface area (Å²) >= 11 is 2.26. The zero-order valence-corrected chi connectivity index (χ0v) is 15.9. The maximum atomic E-state index is 13.2. The molecule has 0 spiro atoms. The number of hydrogen-bond donors (Lipinski definition) is 0. The topological polar surface area (TPSA) is 0 Å². The molecule has 0 nitrogen and oxygen atoms in total. The summed E-state index contributed by atoms with van der Waals surface area (Å²) in [5.41, 5.74) is 0. The molecule has 0 saturated carbocycles. The summed E-state index contributed by atoms with van der Waals surface area (Å²) in [5.74, 6) is -70.2. The molecule has 0 bridgehead atoms. The van der Waals surface area contributed by atoms with E-state index in [9.17, 15) is 92.2 Å². The molecule has 0 aromatic rings. The first-order chi connectivity index (χ1) is 13.2. The van der Waals surface area contributed by atoms with Gasteiger partial charge in [0, 0.05) is 0 Å². The van der Waals surface area contributed by atoms with Crippen molar-refractivity contribution in [3.05, 3.63) is 0 Å². The first-order valence-electron chi connectivity index (χ1n) is 6.42. The molecule has 0 aliphatic rings. The van der Waals surface area contributed by atoms with Crippen molar-refractivity contribution in [2.75, 3.05) is 0 Å². The fraction of sp³-hybridized carbons (Fsp3) is 1.00. The Bertz CT molecular complexity index is 639. The second-order valence-corrected chi connectivity index (χ2v) is 6.12. The van der Waals surface area contributed by atoms with Crippen molar-refractivity contribution >= 4 is 12.6 Å². The van der Waals surface area contributed by atoms with E-state index < -0.39 is 58.8 Å². The second-order valence-electron chi connectivity index (χ2n) is 5.61. The molecule has 0 saturated heterocycles. The van der Waals surface area contributed by atoms with Crippen LogP contribution in [0, 0.1) is 0 Å². The first-order valence-corrected chi connectivity index (χ1v) is 6.83. The molecule has 204 valence electrons. The third-order valence-corrected chi connectivity index (χ3v) is 3.74. The fourth-order valence-electron chi connectivity index (χ4n) is 1.54. The van der Waals surface area contributed by atoms with Gasteiger partial charge in [-0.15, -0.1) is 0 Å². The molecule has 0 aromatic heterocycles. The van der Waals surface area contributed by atoms with Crippen molar-refractivity contribution in [2.24, 2.45) is 0 Å². The summed E-state index contributed by atoms with van der Waals surface area (Å²) in [6, 6.07) is 0. The second kappa shape index (κ2) is 8.34. The van der Waals surface area contributed by atoms with Crippen LogP contribution < -0.4 is 0 Å². The monoisotopic (exact) mass is 658 g/mol. The minimum atomic E-state index is -9.15. The van der Waals surface area contributed by atoms with E-state index in [-0.39, 0.29) is 22.4 Å². The SMILES string of the molecule is FC(F)(F)C(F)(F)C(F)(F)C(F)(F)C(F)(F)C(F)(F)C(F)(F)C(F)(F)C(F)(F)C(F)(F)[S-].[Ag+]. The average Bonchev–Trinajstić information content (AvgIpc) is 2.51. The van der Waals surface area contributed by atoms with E-state index in [0.717, 1.165) is 0 Å². The molecule has 0 amide bonds. The Labute approximate surface area is 186 Å². The van der Waals surface area contributed by atoms with Crippen molar-refractivity contribution in [2.45, 2.75) is 58.8 Å². The van der Waals surface area contributed by atoms with E-state index in [4.69, 9.17) is 0 Å². The van der Waals surface area contributed by atoms with Crippen molar-refractivity contribution in [3.8, 4) is 0 Å². The van der Waals surface area contributed by atoms with Crippen LogP contribution >= 0.6 is 0 Å². The summed E-state index contributed by atoms with van der Waals surface area (Å²) in [5, 5.41) is -6.94. The molecule has 23 heteroatoms. The maximum absolute atomic E-state index is 13.2. The number of alkyl halides is 21. The van der Waals surface area contributed by atoms with Gasteiger partial charge in [0.25, 0.3) is 0 Å². The number of rotatable bonds is 8. The van der Waals surface area contributed by atoms with Gasteiger partial charge in [-0.3, -0.25) is 0 Å². The Morgan fingerprint density at radius 1 is 0.273 bits per heavy atom. The van der Waals surface area contributed by atoms with Crippen molar-refractivity contribution in [1.82, 2.24) is 0 Å². The zero-order valence-electron chi connectivity index (χ0n) is 13.6. The van der Waals surface area contributed by atoms with Crippen LogP contribution in [0.15, 0.2) is 0 Å². The van der Waals surface area contributed by atoms with Gasteiger partial charge >= 0.3 is 75.9 Å². The van der Waals surface area contributed by atoms with E-state index in [2.05, 4.69) is 12.6 Å². The van der Waals surface area contributed by atoms with Crippen LogP contribution in [0.3, 0.4) is 0 Å². The van der Waals surface area contributed by atoms with Gasteiger partial charge in [0.1, 0.15) is 0 Å². The van der Waals surface area contributed by atoms with Gasteiger partial charge in [0.05, 0.1) is 0 Å². The molecule has 0 fully saturated rings. The molecule has 0 radical (unpaired) electrons. The van der Waals surface area contributed by atoms with E-state index in [1.807, 2.05) is 0 Å². The van der Waals surface area contributed by atoms with Crippen LogP contribution in [0.1, 0.15) is 0 Å². The summed E-state index contributed by atoms with van der Waals surface area (Å²) < 4.78 is 267. The Balaban J connectivity index is 0. The molecule has 0 unspecified atom stereocenters. The summed E-state index contributed by atoms with van der Waals surface area (Å²) in [6.45, 7) is 0. The van der Waals surface area contributed by atoms with Gasteiger partial charge in [-0.25, -0.2) is 8.78 Å². The van der Waals surface area contributed by atoms with Gasteiger partial charge in [0.2, 0.25) is 5.25 Å². The minimum Gasteiger partial charge on any atom is -0.710 e. The molecule has 0 aliphatic heterocycles. The van der Waals surface area contributed by atoms with Crippen LogP contribution in [0.4, 0.5) is 92.2 Å². The van der Waals surface area contributed by atoms with Crippen LogP contribution in [0.2, 0.25) is 0 Å². The Morgan fingerprint density at radius 3 is 0.576 bits per heavy atom. The minimum absolute atomic E-state index is 0. The zero-order chi connectivity index (χ0) is 27.0. The molecule has 33 heavy (non-hydrogen) atoms. The van der Waals surface area contributed by atoms with Gasteiger partial charge in [-0.2, -0.15) is 83.4 Å². The van der Waals surface area contributed by atoms with Crippen molar-refractivity contribution < 1.29 is 115 Å². The van der Waals surface area contributed by atoms with Crippen LogP contribution in [0.25, 0.3) is 0 Å². The summed E-state index contributed by atoms with van der Waals surface area (Å²) in [7, 11) is 0. The standard InChI is InChI=1S/C10HF21S.Ag/c11-1(12,3(15,16)5(19,20)7(23,24)9(27,28)29)2(13,14)4(17,18)6(21,22)8(25,26)10(30,31)32;/h32H;/q;+1/p-1. The Hall–Kier alpha value is -0.380. The molecule has 0 aliphatic carbocycles. The van der Waals surface area contributed by atoms with Crippen LogP contribution in [-0.4, -0.2) is 58.8 Å². The van der Waals surface area contributed by atoms with E-state index in [0.29, 0.717) is 0 Å². The van der Waals surface area contributed by atoms with Crippen LogP contribution in [-0.2, 0) is 35.0 Å². The van der Waals surface area contributed by atoms with Crippen LogP contribution in [0.5, 0.6) is 0 Å². The predicted octanol–water partition coefficient (Wildman–Crippen LogP) is 6.77. The summed E-state index contributed by atoms with van der Waals surface area (Å²) in [4.78, 5) is 0. The third-order valence-electron chi connectivity index (χ3n) is 3.48. The van der Waals surface area contributed by atoms with Crippen molar-refractivity contribution in [1.29, 1.82) is 0 Å². The van der Waals surface area contributed by atoms with Crippen molar-refractivity contribution in [3.63, 3.8) is 0 Å². The first kappa shape index (κ1) is 34.8.